The van der Waals surface area contributed by atoms with E-state index < -0.39 is 0 Å². The number of H-pyrrole nitrogens is 1. The Balaban J connectivity index is 2.77. The molecule has 0 saturated heterocycles. The number of hydrogen-bond acceptors (Lipinski definition) is 1. The summed E-state index contributed by atoms with van der Waals surface area (Å²) < 4.78 is 0.976. The van der Waals surface area contributed by atoms with Crippen molar-refractivity contribution in [1.82, 2.24) is 4.98 Å². The van der Waals surface area contributed by atoms with E-state index in [1.807, 2.05) is 12.1 Å². The van der Waals surface area contributed by atoms with Crippen molar-refractivity contribution in [3.8, 4) is 0 Å². The van der Waals surface area contributed by atoms with Crippen LogP contribution in [0.15, 0.2) is 23.0 Å². The zero-order chi connectivity index (χ0) is 11.7. The van der Waals surface area contributed by atoms with Gasteiger partial charge >= 0.3 is 0 Å². The lowest BCUT2D eigenvalue weighted by Crippen LogP contribution is -2.05. The molecular weight excluding hydrogens is 336 g/mol. The maximum atomic E-state index is 11.9. The molecule has 0 aliphatic heterocycles. The fraction of sp³-hybridized carbons (Fsp3) is 0.250. The van der Waals surface area contributed by atoms with Crippen LogP contribution in [-0.4, -0.2) is 4.98 Å². The average molecular weight is 348 g/mol. The van der Waals surface area contributed by atoms with E-state index in [4.69, 9.17) is 11.6 Å². The van der Waals surface area contributed by atoms with Gasteiger partial charge in [0.25, 0.3) is 0 Å². The van der Waals surface area contributed by atoms with Gasteiger partial charge in [-0.1, -0.05) is 24.9 Å². The number of hydrogen-bond donors (Lipinski definition) is 1. The lowest BCUT2D eigenvalue weighted by Gasteiger charge is -2.05. The molecule has 1 aromatic heterocycles. The van der Waals surface area contributed by atoms with Gasteiger partial charge in [-0.15, -0.1) is 0 Å². The molecular formula is C12H11ClINO. The summed E-state index contributed by atoms with van der Waals surface area (Å²) in [5, 5.41) is 1.27. The van der Waals surface area contributed by atoms with E-state index in [0.29, 0.717) is 10.4 Å². The van der Waals surface area contributed by atoms with Crippen LogP contribution in [0.2, 0.25) is 5.02 Å². The van der Waals surface area contributed by atoms with E-state index in [0.717, 1.165) is 27.6 Å². The molecule has 1 heterocycles. The van der Waals surface area contributed by atoms with Gasteiger partial charge in [-0.05, 0) is 41.1 Å². The van der Waals surface area contributed by atoms with Crippen molar-refractivity contribution in [1.29, 1.82) is 0 Å². The van der Waals surface area contributed by atoms with Gasteiger partial charge in [0.05, 0.1) is 10.5 Å². The lowest BCUT2D eigenvalue weighted by atomic mass is 10.1. The minimum atomic E-state index is 0.0395. The fourth-order valence-corrected chi connectivity index (χ4v) is 2.81. The minimum absolute atomic E-state index is 0.0395. The third-order valence-corrected chi connectivity index (χ3v) is 3.35. The molecule has 4 heteroatoms. The molecule has 2 rings (SSSR count). The number of nitrogens with one attached hydrogen (secondary N) is 1. The second-order valence-corrected chi connectivity index (χ2v) is 5.37. The first-order valence-corrected chi connectivity index (χ1v) is 6.58. The van der Waals surface area contributed by atoms with Crippen LogP contribution in [0.5, 0.6) is 0 Å². The smallest absolute Gasteiger partial charge is 0.189 e. The van der Waals surface area contributed by atoms with Gasteiger partial charge in [0, 0.05) is 20.7 Å². The Bertz CT molecular complexity index is 591. The molecule has 2 nitrogen and oxygen atoms in total. The Morgan fingerprint density at radius 2 is 2.12 bits per heavy atom. The molecule has 1 aromatic carbocycles. The molecule has 0 aliphatic carbocycles. The van der Waals surface area contributed by atoms with Crippen molar-refractivity contribution in [3.05, 3.63) is 42.7 Å². The molecule has 0 aliphatic rings. The zero-order valence-electron chi connectivity index (χ0n) is 8.81. The highest BCUT2D eigenvalue weighted by Crippen LogP contribution is 2.23. The lowest BCUT2D eigenvalue weighted by molar-refractivity contribution is 0.888. The highest BCUT2D eigenvalue weighted by molar-refractivity contribution is 14.1. The van der Waals surface area contributed by atoms with Crippen LogP contribution in [0, 0.1) is 3.57 Å². The van der Waals surface area contributed by atoms with E-state index in [-0.39, 0.29) is 5.43 Å². The summed E-state index contributed by atoms with van der Waals surface area (Å²) in [5.41, 5.74) is 1.73. The summed E-state index contributed by atoms with van der Waals surface area (Å²) in [7, 11) is 0. The maximum absolute atomic E-state index is 11.9. The van der Waals surface area contributed by atoms with Crippen molar-refractivity contribution in [3.63, 3.8) is 0 Å². The summed E-state index contributed by atoms with van der Waals surface area (Å²) in [6.45, 7) is 2.08. The SMILES string of the molecule is CCCc1cc(=O)c2cc(I)cc(Cl)c2[nH]1. The van der Waals surface area contributed by atoms with Crippen LogP contribution >= 0.6 is 34.2 Å². The third kappa shape index (κ3) is 2.25. The van der Waals surface area contributed by atoms with Crippen molar-refractivity contribution < 1.29 is 0 Å². The summed E-state index contributed by atoms with van der Waals surface area (Å²) >= 11 is 8.29. The standard InChI is InChI=1S/C12H11ClINO/c1-2-3-8-6-11(16)9-4-7(14)5-10(13)12(9)15-8/h4-6H,2-3H2,1H3,(H,15,16). The number of fused-ring (bicyclic) bond motifs is 1. The van der Waals surface area contributed by atoms with Crippen LogP contribution in [0.3, 0.4) is 0 Å². The first kappa shape index (κ1) is 11.9. The second-order valence-electron chi connectivity index (χ2n) is 3.72. The number of rotatable bonds is 2. The molecule has 84 valence electrons. The fourth-order valence-electron chi connectivity index (χ4n) is 1.73. The van der Waals surface area contributed by atoms with Gasteiger partial charge in [-0.25, -0.2) is 0 Å². The average Bonchev–Trinajstić information content (AvgIpc) is 2.20. The molecule has 0 spiro atoms. The van der Waals surface area contributed by atoms with Gasteiger partial charge in [0.15, 0.2) is 5.43 Å². The van der Waals surface area contributed by atoms with Gasteiger partial charge in [0.1, 0.15) is 0 Å². The van der Waals surface area contributed by atoms with Crippen molar-refractivity contribution in [2.24, 2.45) is 0 Å². The van der Waals surface area contributed by atoms with Gasteiger partial charge in [-0.2, -0.15) is 0 Å². The molecule has 0 amide bonds. The van der Waals surface area contributed by atoms with E-state index in [1.54, 1.807) is 6.07 Å². The Hall–Kier alpha value is -0.550. The van der Waals surface area contributed by atoms with Crippen LogP contribution in [0.1, 0.15) is 19.0 Å². The van der Waals surface area contributed by atoms with Crippen LogP contribution in [-0.2, 0) is 6.42 Å². The van der Waals surface area contributed by atoms with Crippen molar-refractivity contribution >= 4 is 45.1 Å². The summed E-state index contributed by atoms with van der Waals surface area (Å²) in [4.78, 5) is 15.1. The first-order valence-electron chi connectivity index (χ1n) is 5.12. The molecule has 16 heavy (non-hydrogen) atoms. The number of aryl methyl sites for hydroxylation is 1. The Morgan fingerprint density at radius 3 is 2.81 bits per heavy atom. The topological polar surface area (TPSA) is 32.9 Å². The Morgan fingerprint density at radius 1 is 1.38 bits per heavy atom. The number of aromatic amines is 1. The summed E-state index contributed by atoms with van der Waals surface area (Å²) in [6.07, 6.45) is 1.87. The van der Waals surface area contributed by atoms with Gasteiger partial charge in [-0.3, -0.25) is 4.79 Å². The quantitative estimate of drug-likeness (QED) is 0.825. The highest BCUT2D eigenvalue weighted by atomic mass is 127. The second kappa shape index (κ2) is 4.75. The number of pyridine rings is 1. The van der Waals surface area contributed by atoms with E-state index >= 15 is 0 Å². The number of aromatic nitrogens is 1. The number of benzene rings is 1. The zero-order valence-corrected chi connectivity index (χ0v) is 11.7. The van der Waals surface area contributed by atoms with Gasteiger partial charge in [0.2, 0.25) is 0 Å². The monoisotopic (exact) mass is 347 g/mol. The Labute approximate surface area is 112 Å². The predicted molar refractivity (Wildman–Crippen MR) is 76.3 cm³/mol. The van der Waals surface area contributed by atoms with Crippen molar-refractivity contribution in [2.45, 2.75) is 19.8 Å². The Kier molecular flexibility index (Phi) is 3.54. The molecule has 0 fully saturated rings. The predicted octanol–water partition coefficient (Wildman–Crippen LogP) is 3.74. The van der Waals surface area contributed by atoms with Crippen molar-refractivity contribution in [2.75, 3.05) is 0 Å². The van der Waals surface area contributed by atoms with E-state index in [2.05, 4.69) is 34.5 Å². The maximum Gasteiger partial charge on any atom is 0.189 e. The summed E-state index contributed by atoms with van der Waals surface area (Å²) in [5.74, 6) is 0. The highest BCUT2D eigenvalue weighted by Gasteiger charge is 2.06. The van der Waals surface area contributed by atoms with Gasteiger partial charge < -0.3 is 4.98 Å². The van der Waals surface area contributed by atoms with Crippen LogP contribution < -0.4 is 5.43 Å². The normalized spacial score (nSPS) is 10.9. The van der Waals surface area contributed by atoms with Crippen LogP contribution in [0.4, 0.5) is 0 Å². The van der Waals surface area contributed by atoms with Crippen LogP contribution in [0.25, 0.3) is 10.9 Å². The molecule has 0 unspecified atom stereocenters. The number of halogens is 2. The van der Waals surface area contributed by atoms with E-state index in [9.17, 15) is 4.79 Å². The summed E-state index contributed by atoms with van der Waals surface area (Å²) in [6, 6.07) is 5.38. The molecule has 1 N–H and O–H groups in total. The minimum Gasteiger partial charge on any atom is -0.357 e. The molecule has 0 radical (unpaired) electrons. The molecule has 2 aromatic rings. The molecule has 0 atom stereocenters. The molecule has 0 bridgehead atoms. The third-order valence-electron chi connectivity index (χ3n) is 2.43. The van der Waals surface area contributed by atoms with E-state index in [1.165, 1.54) is 0 Å². The first-order chi connectivity index (χ1) is 7.61. The largest absolute Gasteiger partial charge is 0.357 e. The molecule has 0 saturated carbocycles.